The molecule has 0 unspecified atom stereocenters. The molecule has 0 aliphatic rings. The van der Waals surface area contributed by atoms with E-state index < -0.39 is 0 Å². The van der Waals surface area contributed by atoms with Gasteiger partial charge in [0.1, 0.15) is 12.7 Å². The summed E-state index contributed by atoms with van der Waals surface area (Å²) in [5.41, 5.74) is 2.04. The fraction of sp³-hybridized carbons (Fsp3) is 0.526. The summed E-state index contributed by atoms with van der Waals surface area (Å²) in [6.07, 6.45) is 7.00. The molecular weight excluding hydrogens is 314 g/mol. The van der Waals surface area contributed by atoms with Crippen LogP contribution in [0, 0.1) is 0 Å². The van der Waals surface area contributed by atoms with Crippen LogP contribution < -0.4 is 5.32 Å². The molecule has 0 atom stereocenters. The Balaban J connectivity index is 1.69. The van der Waals surface area contributed by atoms with Gasteiger partial charge in [-0.15, -0.1) is 0 Å². The Labute approximate surface area is 150 Å². The molecule has 0 bridgehead atoms. The van der Waals surface area contributed by atoms with Crippen LogP contribution in [0.15, 0.2) is 36.9 Å². The van der Waals surface area contributed by atoms with Crippen LogP contribution in [0.1, 0.15) is 45.1 Å². The average Bonchev–Trinajstić information content (AvgIpc) is 3.15. The average molecular weight is 343 g/mol. The van der Waals surface area contributed by atoms with Gasteiger partial charge < -0.3 is 10.2 Å². The molecule has 1 aromatic heterocycles. The van der Waals surface area contributed by atoms with Gasteiger partial charge in [0.2, 0.25) is 5.91 Å². The standard InChI is InChI=1S/C19H29N5O/c1-3-11-23(12-4-2)13-5-6-19(25)21-14-17-7-9-18(10-8-17)24-16-20-15-22-24/h7-10,15-16H,3-6,11-14H2,1-2H3,(H,21,25). The lowest BCUT2D eigenvalue weighted by atomic mass is 10.2. The van der Waals surface area contributed by atoms with E-state index in [9.17, 15) is 4.79 Å². The zero-order chi connectivity index (χ0) is 17.9. The van der Waals surface area contributed by atoms with Crippen LogP contribution in [0.25, 0.3) is 5.69 Å². The van der Waals surface area contributed by atoms with E-state index in [1.165, 1.54) is 6.33 Å². The van der Waals surface area contributed by atoms with Crippen LogP contribution in [-0.2, 0) is 11.3 Å². The molecule has 1 heterocycles. The van der Waals surface area contributed by atoms with Gasteiger partial charge in [-0.25, -0.2) is 9.67 Å². The highest BCUT2D eigenvalue weighted by molar-refractivity contribution is 5.75. The molecule has 136 valence electrons. The lowest BCUT2D eigenvalue weighted by Crippen LogP contribution is -2.28. The van der Waals surface area contributed by atoms with Crippen molar-refractivity contribution in [3.05, 3.63) is 42.5 Å². The maximum Gasteiger partial charge on any atom is 0.220 e. The minimum Gasteiger partial charge on any atom is -0.352 e. The molecule has 1 amide bonds. The van der Waals surface area contributed by atoms with Crippen molar-refractivity contribution >= 4 is 5.91 Å². The zero-order valence-electron chi connectivity index (χ0n) is 15.3. The van der Waals surface area contributed by atoms with Gasteiger partial charge in [0, 0.05) is 13.0 Å². The highest BCUT2D eigenvalue weighted by Crippen LogP contribution is 2.08. The summed E-state index contributed by atoms with van der Waals surface area (Å²) in [6.45, 7) is 8.19. The number of benzene rings is 1. The number of carbonyl (C=O) groups excluding carboxylic acids is 1. The molecule has 6 heteroatoms. The van der Waals surface area contributed by atoms with Crippen LogP contribution >= 0.6 is 0 Å². The molecule has 2 aromatic rings. The maximum atomic E-state index is 12.0. The summed E-state index contributed by atoms with van der Waals surface area (Å²) < 4.78 is 1.71. The minimum absolute atomic E-state index is 0.119. The highest BCUT2D eigenvalue weighted by Gasteiger charge is 2.06. The van der Waals surface area contributed by atoms with Crippen molar-refractivity contribution in [2.75, 3.05) is 19.6 Å². The van der Waals surface area contributed by atoms with Crippen molar-refractivity contribution in [2.45, 2.75) is 46.1 Å². The highest BCUT2D eigenvalue weighted by atomic mass is 16.1. The third kappa shape index (κ3) is 6.66. The topological polar surface area (TPSA) is 63.1 Å². The molecule has 1 aromatic carbocycles. The lowest BCUT2D eigenvalue weighted by Gasteiger charge is -2.20. The predicted molar refractivity (Wildman–Crippen MR) is 99.5 cm³/mol. The van der Waals surface area contributed by atoms with Gasteiger partial charge in [-0.2, -0.15) is 5.10 Å². The van der Waals surface area contributed by atoms with Gasteiger partial charge in [-0.3, -0.25) is 4.79 Å². The Morgan fingerprint density at radius 2 is 1.84 bits per heavy atom. The second-order valence-electron chi connectivity index (χ2n) is 6.23. The predicted octanol–water partition coefficient (Wildman–Crippen LogP) is 2.79. The van der Waals surface area contributed by atoms with E-state index in [4.69, 9.17) is 0 Å². The molecule has 0 saturated heterocycles. The SMILES string of the molecule is CCCN(CCC)CCCC(=O)NCc1ccc(-n2cncn2)cc1. The summed E-state index contributed by atoms with van der Waals surface area (Å²) in [7, 11) is 0. The number of hydrogen-bond acceptors (Lipinski definition) is 4. The van der Waals surface area contributed by atoms with Gasteiger partial charge in [0.05, 0.1) is 5.69 Å². The molecule has 0 fully saturated rings. The maximum absolute atomic E-state index is 12.0. The van der Waals surface area contributed by atoms with Crippen molar-refractivity contribution in [3.8, 4) is 5.69 Å². The van der Waals surface area contributed by atoms with Crippen LogP contribution in [0.4, 0.5) is 0 Å². The van der Waals surface area contributed by atoms with Crippen LogP contribution in [0.5, 0.6) is 0 Å². The first-order valence-electron chi connectivity index (χ1n) is 9.16. The van der Waals surface area contributed by atoms with E-state index in [0.717, 1.165) is 50.1 Å². The van der Waals surface area contributed by atoms with Crippen molar-refractivity contribution in [2.24, 2.45) is 0 Å². The number of nitrogens with one attached hydrogen (secondary N) is 1. The summed E-state index contributed by atoms with van der Waals surface area (Å²) in [5.74, 6) is 0.119. The molecule has 1 N–H and O–H groups in total. The van der Waals surface area contributed by atoms with Crippen LogP contribution in [-0.4, -0.2) is 45.2 Å². The molecular formula is C19H29N5O. The molecule has 6 nitrogen and oxygen atoms in total. The quantitative estimate of drug-likeness (QED) is 0.681. The first-order valence-corrected chi connectivity index (χ1v) is 9.16. The molecule has 0 saturated carbocycles. The van der Waals surface area contributed by atoms with Gasteiger partial charge in [-0.05, 0) is 56.6 Å². The Hall–Kier alpha value is -2.21. The number of carbonyl (C=O) groups is 1. The summed E-state index contributed by atoms with van der Waals surface area (Å²) in [6, 6.07) is 7.95. The normalized spacial score (nSPS) is 11.0. The number of rotatable bonds is 11. The number of nitrogens with zero attached hydrogens (tertiary/aromatic N) is 4. The third-order valence-corrected chi connectivity index (χ3v) is 4.07. The molecule has 2 rings (SSSR count). The summed E-state index contributed by atoms with van der Waals surface area (Å²) in [4.78, 5) is 18.4. The lowest BCUT2D eigenvalue weighted by molar-refractivity contribution is -0.121. The van der Waals surface area contributed by atoms with E-state index in [0.29, 0.717) is 13.0 Å². The van der Waals surface area contributed by atoms with Crippen molar-refractivity contribution < 1.29 is 4.79 Å². The number of hydrogen-bond donors (Lipinski definition) is 1. The molecule has 0 spiro atoms. The second-order valence-corrected chi connectivity index (χ2v) is 6.23. The number of aromatic nitrogens is 3. The van der Waals surface area contributed by atoms with Crippen LogP contribution in [0.2, 0.25) is 0 Å². The second kappa shape index (κ2) is 10.6. The van der Waals surface area contributed by atoms with Crippen molar-refractivity contribution in [3.63, 3.8) is 0 Å². The van der Waals surface area contributed by atoms with Gasteiger partial charge in [0.15, 0.2) is 0 Å². The van der Waals surface area contributed by atoms with Crippen molar-refractivity contribution in [1.29, 1.82) is 0 Å². The smallest absolute Gasteiger partial charge is 0.220 e. The van der Waals surface area contributed by atoms with E-state index >= 15 is 0 Å². The molecule has 0 aliphatic heterocycles. The Morgan fingerprint density at radius 1 is 1.12 bits per heavy atom. The van der Waals surface area contributed by atoms with Gasteiger partial charge in [-0.1, -0.05) is 26.0 Å². The Morgan fingerprint density at radius 3 is 2.44 bits per heavy atom. The summed E-state index contributed by atoms with van der Waals surface area (Å²) >= 11 is 0. The Bertz CT molecular complexity index is 603. The zero-order valence-corrected chi connectivity index (χ0v) is 15.3. The van der Waals surface area contributed by atoms with E-state index in [2.05, 4.69) is 34.1 Å². The first-order chi connectivity index (χ1) is 12.2. The largest absolute Gasteiger partial charge is 0.352 e. The van der Waals surface area contributed by atoms with E-state index in [1.54, 1.807) is 11.0 Å². The van der Waals surface area contributed by atoms with E-state index in [1.807, 2.05) is 24.3 Å². The Kier molecular flexibility index (Phi) is 8.12. The first kappa shape index (κ1) is 19.1. The van der Waals surface area contributed by atoms with Gasteiger partial charge >= 0.3 is 0 Å². The number of amides is 1. The molecule has 0 aliphatic carbocycles. The molecule has 0 radical (unpaired) electrons. The fourth-order valence-corrected chi connectivity index (χ4v) is 2.83. The van der Waals surface area contributed by atoms with E-state index in [-0.39, 0.29) is 5.91 Å². The van der Waals surface area contributed by atoms with Crippen molar-refractivity contribution in [1.82, 2.24) is 25.0 Å². The fourth-order valence-electron chi connectivity index (χ4n) is 2.83. The van der Waals surface area contributed by atoms with Crippen LogP contribution in [0.3, 0.4) is 0 Å². The minimum atomic E-state index is 0.119. The third-order valence-electron chi connectivity index (χ3n) is 4.07. The summed E-state index contributed by atoms with van der Waals surface area (Å²) in [5, 5.41) is 7.10. The van der Waals surface area contributed by atoms with Gasteiger partial charge in [0.25, 0.3) is 0 Å². The monoisotopic (exact) mass is 343 g/mol. The molecule has 25 heavy (non-hydrogen) atoms.